The summed E-state index contributed by atoms with van der Waals surface area (Å²) in [6.45, 7) is 6.32. The maximum atomic E-state index is 12.8. The first kappa shape index (κ1) is 60.5. The number of ether oxygens (including phenoxy) is 3. The largest absolute Gasteiger partial charge is 0.462 e. The molecule has 1 atom stereocenters. The molecule has 0 aromatic heterocycles. The van der Waals surface area contributed by atoms with E-state index in [0.717, 1.165) is 89.9 Å². The minimum atomic E-state index is -0.832. The molecule has 0 amide bonds. The Hall–Kier alpha value is -4.45. The number of carbonyl (C=O) groups is 3. The standard InChI is InChI=1S/C59H92O6/c1-4-7-10-13-16-19-22-25-28-29-32-34-37-40-43-46-49-52-58(61)64-55-56(65-59(62)53-50-47-44-41-38-35-31-27-24-21-18-15-12-9-6-3)54-63-57(60)51-48-45-42-39-36-33-30-26-23-20-17-14-11-8-5-2/h9,12,15-21,23-28,31-32,34-35,38,40,43,56H,4-8,10-11,13-14,22,29-30,33,36-37,39,41-42,44-55H2,1-3H3/b12-9-,18-15-,19-16-,20-17-,24-21-,26-23-,28-25-,31-27-,34-32-,38-35-,43-40-. The Morgan fingerprint density at radius 2 is 0.677 bits per heavy atom. The van der Waals surface area contributed by atoms with Crippen LogP contribution in [0, 0.1) is 0 Å². The molecule has 0 saturated heterocycles. The second kappa shape index (κ2) is 52.2. The number of hydrogen-bond donors (Lipinski definition) is 0. The number of hydrogen-bond acceptors (Lipinski definition) is 6. The van der Waals surface area contributed by atoms with Crippen molar-refractivity contribution in [2.75, 3.05) is 13.2 Å². The van der Waals surface area contributed by atoms with Gasteiger partial charge in [0.15, 0.2) is 6.10 Å². The van der Waals surface area contributed by atoms with Gasteiger partial charge in [-0.25, -0.2) is 0 Å². The van der Waals surface area contributed by atoms with E-state index >= 15 is 0 Å². The number of esters is 3. The summed E-state index contributed by atoms with van der Waals surface area (Å²) in [7, 11) is 0. The van der Waals surface area contributed by atoms with E-state index in [9.17, 15) is 14.4 Å². The second-order valence-corrected chi connectivity index (χ2v) is 16.5. The van der Waals surface area contributed by atoms with Gasteiger partial charge in [-0.3, -0.25) is 14.4 Å². The zero-order valence-corrected chi connectivity index (χ0v) is 41.4. The molecular formula is C59H92O6. The first-order valence-electron chi connectivity index (χ1n) is 25.8. The molecule has 0 saturated carbocycles. The normalized spacial score (nSPS) is 13.2. The zero-order valence-electron chi connectivity index (χ0n) is 41.4. The fourth-order valence-electron chi connectivity index (χ4n) is 6.39. The first-order valence-corrected chi connectivity index (χ1v) is 25.8. The highest BCUT2D eigenvalue weighted by Crippen LogP contribution is 2.12. The van der Waals surface area contributed by atoms with Crippen molar-refractivity contribution < 1.29 is 28.6 Å². The van der Waals surface area contributed by atoms with Crippen LogP contribution in [0.3, 0.4) is 0 Å². The third-order valence-corrected chi connectivity index (χ3v) is 10.3. The van der Waals surface area contributed by atoms with Crippen LogP contribution >= 0.6 is 0 Å². The summed E-state index contributed by atoms with van der Waals surface area (Å²) in [5, 5.41) is 0. The molecule has 364 valence electrons. The van der Waals surface area contributed by atoms with Crippen LogP contribution in [0.5, 0.6) is 0 Å². The SMILES string of the molecule is CC\C=C/C=C\C=C/C=C\C=C/CCCCCC(=O)OC(COC(=O)CCC/C=C\C/C=C\C/C=C\C/C=C\CCCCC)COC(=O)CCCCCCCC/C=C\C=C/CCCCC. The maximum absolute atomic E-state index is 12.8. The minimum absolute atomic E-state index is 0.124. The molecule has 0 radical (unpaired) electrons. The van der Waals surface area contributed by atoms with Gasteiger partial charge in [-0.05, 0) is 103 Å². The molecule has 0 spiro atoms. The Balaban J connectivity index is 4.60. The molecule has 6 nitrogen and oxygen atoms in total. The van der Waals surface area contributed by atoms with Gasteiger partial charge in [-0.15, -0.1) is 0 Å². The van der Waals surface area contributed by atoms with E-state index in [1.54, 1.807) is 0 Å². The van der Waals surface area contributed by atoms with Gasteiger partial charge in [-0.1, -0.05) is 212 Å². The zero-order chi connectivity index (χ0) is 47.2. The first-order chi connectivity index (χ1) is 32.0. The summed E-state index contributed by atoms with van der Waals surface area (Å²) in [6.07, 6.45) is 72.9. The van der Waals surface area contributed by atoms with Crippen LogP contribution in [0.1, 0.15) is 201 Å². The number of rotatable bonds is 44. The molecule has 0 aromatic carbocycles. The molecule has 0 aromatic rings. The van der Waals surface area contributed by atoms with Crippen LogP contribution in [-0.2, 0) is 28.6 Å². The molecule has 0 aliphatic heterocycles. The van der Waals surface area contributed by atoms with E-state index in [2.05, 4.69) is 106 Å². The Morgan fingerprint density at radius 1 is 0.338 bits per heavy atom. The molecule has 1 unspecified atom stereocenters. The smallest absolute Gasteiger partial charge is 0.306 e. The van der Waals surface area contributed by atoms with E-state index in [0.29, 0.717) is 19.3 Å². The molecule has 65 heavy (non-hydrogen) atoms. The van der Waals surface area contributed by atoms with E-state index < -0.39 is 6.10 Å². The van der Waals surface area contributed by atoms with Crippen LogP contribution in [0.15, 0.2) is 134 Å². The van der Waals surface area contributed by atoms with Gasteiger partial charge in [0.05, 0.1) is 0 Å². The van der Waals surface area contributed by atoms with Gasteiger partial charge in [-0.2, -0.15) is 0 Å². The monoisotopic (exact) mass is 897 g/mol. The molecule has 0 bridgehead atoms. The Kier molecular flexibility index (Phi) is 48.6. The predicted octanol–water partition coefficient (Wildman–Crippen LogP) is 17.1. The average Bonchev–Trinajstić information content (AvgIpc) is 3.30. The molecule has 6 heteroatoms. The molecule has 0 N–H and O–H groups in total. The van der Waals surface area contributed by atoms with E-state index in [-0.39, 0.29) is 44.0 Å². The molecule has 0 heterocycles. The van der Waals surface area contributed by atoms with Crippen LogP contribution in [-0.4, -0.2) is 37.2 Å². The second-order valence-electron chi connectivity index (χ2n) is 16.5. The summed E-state index contributed by atoms with van der Waals surface area (Å²) in [4.78, 5) is 38.0. The third-order valence-electron chi connectivity index (χ3n) is 10.3. The topological polar surface area (TPSA) is 78.9 Å². The van der Waals surface area contributed by atoms with Crippen LogP contribution in [0.2, 0.25) is 0 Å². The van der Waals surface area contributed by atoms with Crippen molar-refractivity contribution in [2.24, 2.45) is 0 Å². The van der Waals surface area contributed by atoms with Crippen molar-refractivity contribution in [3.8, 4) is 0 Å². The van der Waals surface area contributed by atoms with E-state index in [1.165, 1.54) is 57.8 Å². The van der Waals surface area contributed by atoms with Crippen molar-refractivity contribution in [3.63, 3.8) is 0 Å². The lowest BCUT2D eigenvalue weighted by atomic mass is 10.1. The number of allylic oxidation sites excluding steroid dienone is 22. The lowest BCUT2D eigenvalue weighted by Crippen LogP contribution is -2.30. The fraction of sp³-hybridized carbons (Fsp3) is 0.576. The molecule has 0 aliphatic carbocycles. The Morgan fingerprint density at radius 3 is 1.17 bits per heavy atom. The number of carbonyl (C=O) groups excluding carboxylic acids is 3. The van der Waals surface area contributed by atoms with Gasteiger partial charge in [0.25, 0.3) is 0 Å². The lowest BCUT2D eigenvalue weighted by molar-refractivity contribution is -0.167. The summed E-state index contributed by atoms with van der Waals surface area (Å²) in [5.41, 5.74) is 0. The van der Waals surface area contributed by atoms with Crippen molar-refractivity contribution in [1.29, 1.82) is 0 Å². The maximum Gasteiger partial charge on any atom is 0.306 e. The minimum Gasteiger partial charge on any atom is -0.462 e. The Bertz CT molecular complexity index is 1450. The molecule has 0 fully saturated rings. The van der Waals surface area contributed by atoms with E-state index in [1.807, 2.05) is 48.6 Å². The quantitative estimate of drug-likeness (QED) is 0.0199. The van der Waals surface area contributed by atoms with Crippen molar-refractivity contribution in [1.82, 2.24) is 0 Å². The number of unbranched alkanes of at least 4 members (excludes halogenated alkanes) is 16. The van der Waals surface area contributed by atoms with Gasteiger partial charge in [0.1, 0.15) is 13.2 Å². The van der Waals surface area contributed by atoms with E-state index in [4.69, 9.17) is 14.2 Å². The van der Waals surface area contributed by atoms with Crippen LogP contribution in [0.4, 0.5) is 0 Å². The third kappa shape index (κ3) is 50.4. The highest BCUT2D eigenvalue weighted by atomic mass is 16.6. The van der Waals surface area contributed by atoms with Gasteiger partial charge >= 0.3 is 17.9 Å². The van der Waals surface area contributed by atoms with Gasteiger partial charge in [0, 0.05) is 19.3 Å². The lowest BCUT2D eigenvalue weighted by Gasteiger charge is -2.18. The van der Waals surface area contributed by atoms with Crippen molar-refractivity contribution in [3.05, 3.63) is 134 Å². The molecular weight excluding hydrogens is 805 g/mol. The highest BCUT2D eigenvalue weighted by Gasteiger charge is 2.19. The van der Waals surface area contributed by atoms with Gasteiger partial charge < -0.3 is 14.2 Å². The van der Waals surface area contributed by atoms with Crippen molar-refractivity contribution >= 4 is 17.9 Å². The van der Waals surface area contributed by atoms with Crippen LogP contribution in [0.25, 0.3) is 0 Å². The predicted molar refractivity (Wildman–Crippen MR) is 279 cm³/mol. The molecule has 0 rings (SSSR count). The highest BCUT2D eigenvalue weighted by molar-refractivity contribution is 5.71. The summed E-state index contributed by atoms with van der Waals surface area (Å²) in [6, 6.07) is 0. The summed E-state index contributed by atoms with van der Waals surface area (Å²) < 4.78 is 16.7. The fourth-order valence-corrected chi connectivity index (χ4v) is 6.39. The van der Waals surface area contributed by atoms with Gasteiger partial charge in [0.2, 0.25) is 0 Å². The Labute approximate surface area is 398 Å². The molecule has 0 aliphatic rings. The summed E-state index contributed by atoms with van der Waals surface area (Å²) in [5.74, 6) is -1.05. The summed E-state index contributed by atoms with van der Waals surface area (Å²) >= 11 is 0. The average molecular weight is 897 g/mol. The van der Waals surface area contributed by atoms with Crippen molar-refractivity contribution in [2.45, 2.75) is 207 Å². The van der Waals surface area contributed by atoms with Crippen LogP contribution < -0.4 is 0 Å².